The molecular formula is C23H21N3O3. The van der Waals surface area contributed by atoms with Gasteiger partial charge in [0, 0.05) is 36.7 Å². The van der Waals surface area contributed by atoms with Gasteiger partial charge in [0.1, 0.15) is 0 Å². The van der Waals surface area contributed by atoms with Gasteiger partial charge in [-0.25, -0.2) is 0 Å². The third-order valence-corrected chi connectivity index (χ3v) is 5.17. The van der Waals surface area contributed by atoms with Crippen molar-refractivity contribution in [1.29, 1.82) is 0 Å². The molecule has 0 unspecified atom stereocenters. The number of anilines is 2. The molecule has 0 aromatic heterocycles. The third-order valence-electron chi connectivity index (χ3n) is 5.17. The highest BCUT2D eigenvalue weighted by molar-refractivity contribution is 6.08. The fraction of sp³-hybridized carbons (Fsp3) is 0.174. The minimum Gasteiger partial charge on any atom is -0.355 e. The highest BCUT2D eigenvalue weighted by Crippen LogP contribution is 2.32. The van der Waals surface area contributed by atoms with Crippen LogP contribution in [0.2, 0.25) is 0 Å². The molecule has 6 heteroatoms. The van der Waals surface area contributed by atoms with Crippen LogP contribution in [-0.4, -0.2) is 31.3 Å². The largest absolute Gasteiger partial charge is 0.355 e. The average molecular weight is 387 g/mol. The fourth-order valence-electron chi connectivity index (χ4n) is 3.69. The van der Waals surface area contributed by atoms with Crippen LogP contribution in [0.25, 0.3) is 10.8 Å². The second-order valence-corrected chi connectivity index (χ2v) is 7.05. The monoisotopic (exact) mass is 387 g/mol. The zero-order valence-electron chi connectivity index (χ0n) is 16.0. The summed E-state index contributed by atoms with van der Waals surface area (Å²) in [4.78, 5) is 38.9. The van der Waals surface area contributed by atoms with E-state index in [-0.39, 0.29) is 24.1 Å². The molecule has 0 saturated carbocycles. The van der Waals surface area contributed by atoms with Crippen molar-refractivity contribution in [2.45, 2.75) is 6.42 Å². The molecule has 0 spiro atoms. The summed E-state index contributed by atoms with van der Waals surface area (Å²) in [6.45, 7) is 0.327. The Hall–Kier alpha value is -3.67. The van der Waals surface area contributed by atoms with E-state index in [0.29, 0.717) is 17.8 Å². The number of fused-ring (bicyclic) bond motifs is 1. The molecule has 3 aromatic rings. The van der Waals surface area contributed by atoms with E-state index in [0.717, 1.165) is 16.5 Å². The zero-order valence-corrected chi connectivity index (χ0v) is 16.0. The van der Waals surface area contributed by atoms with Crippen molar-refractivity contribution in [3.8, 4) is 0 Å². The standard InChI is InChI=1S/C23H21N3O3/c1-24-22(28)16-8-4-9-18(12-16)25-23(29)17-13-21(27)26(14-17)20-11-5-7-15-6-2-3-10-19(15)20/h2-12,17H,13-14H2,1H3,(H,24,28)(H,25,29)/t17-/m1/s1. The van der Waals surface area contributed by atoms with Gasteiger partial charge in [-0.3, -0.25) is 14.4 Å². The molecule has 3 amide bonds. The number of rotatable bonds is 4. The summed E-state index contributed by atoms with van der Waals surface area (Å²) < 4.78 is 0. The first-order valence-corrected chi connectivity index (χ1v) is 9.48. The average Bonchev–Trinajstić information content (AvgIpc) is 3.14. The Kier molecular flexibility index (Phi) is 4.99. The van der Waals surface area contributed by atoms with Gasteiger partial charge in [-0.05, 0) is 29.7 Å². The first-order valence-electron chi connectivity index (χ1n) is 9.48. The first-order chi connectivity index (χ1) is 14.1. The van der Waals surface area contributed by atoms with E-state index in [4.69, 9.17) is 0 Å². The number of amides is 3. The molecule has 29 heavy (non-hydrogen) atoms. The second-order valence-electron chi connectivity index (χ2n) is 7.05. The summed E-state index contributed by atoms with van der Waals surface area (Å²) in [5.41, 5.74) is 1.82. The molecule has 2 N–H and O–H groups in total. The quantitative estimate of drug-likeness (QED) is 0.722. The van der Waals surface area contributed by atoms with Gasteiger partial charge in [0.05, 0.1) is 11.6 Å². The Labute approximate surface area is 168 Å². The number of hydrogen-bond acceptors (Lipinski definition) is 3. The van der Waals surface area contributed by atoms with Crippen LogP contribution in [0.3, 0.4) is 0 Å². The first kappa shape index (κ1) is 18.7. The molecule has 1 fully saturated rings. The molecule has 1 atom stereocenters. The van der Waals surface area contributed by atoms with Gasteiger partial charge in [-0.15, -0.1) is 0 Å². The van der Waals surface area contributed by atoms with Crippen LogP contribution < -0.4 is 15.5 Å². The number of hydrogen-bond donors (Lipinski definition) is 2. The summed E-state index contributed by atoms with van der Waals surface area (Å²) >= 11 is 0. The van der Waals surface area contributed by atoms with Gasteiger partial charge in [-0.1, -0.05) is 42.5 Å². The smallest absolute Gasteiger partial charge is 0.251 e. The van der Waals surface area contributed by atoms with E-state index >= 15 is 0 Å². The molecule has 0 radical (unpaired) electrons. The number of nitrogens with zero attached hydrogens (tertiary/aromatic N) is 1. The lowest BCUT2D eigenvalue weighted by atomic mass is 10.1. The Bertz CT molecular complexity index is 1100. The van der Waals surface area contributed by atoms with E-state index in [9.17, 15) is 14.4 Å². The van der Waals surface area contributed by atoms with E-state index in [1.54, 1.807) is 36.2 Å². The van der Waals surface area contributed by atoms with Crippen LogP contribution in [0.15, 0.2) is 66.7 Å². The van der Waals surface area contributed by atoms with Crippen molar-refractivity contribution in [2.75, 3.05) is 23.8 Å². The van der Waals surface area contributed by atoms with Gasteiger partial charge in [0.25, 0.3) is 5.91 Å². The molecule has 1 saturated heterocycles. The van der Waals surface area contributed by atoms with E-state index in [1.165, 1.54) is 0 Å². The van der Waals surface area contributed by atoms with Crippen LogP contribution in [-0.2, 0) is 9.59 Å². The maximum atomic E-state index is 12.8. The molecule has 1 aliphatic heterocycles. The molecule has 1 aliphatic rings. The third kappa shape index (κ3) is 3.69. The molecular weight excluding hydrogens is 366 g/mol. The van der Waals surface area contributed by atoms with Crippen molar-refractivity contribution >= 4 is 39.9 Å². The Balaban J connectivity index is 1.52. The van der Waals surface area contributed by atoms with Gasteiger partial charge in [0.15, 0.2) is 0 Å². The topological polar surface area (TPSA) is 78.5 Å². The minimum absolute atomic E-state index is 0.0689. The van der Waals surface area contributed by atoms with Crippen LogP contribution in [0.4, 0.5) is 11.4 Å². The second kappa shape index (κ2) is 7.75. The normalized spacial score (nSPS) is 16.1. The lowest BCUT2D eigenvalue weighted by Crippen LogP contribution is -2.28. The molecule has 146 valence electrons. The van der Waals surface area contributed by atoms with Crippen LogP contribution in [0.5, 0.6) is 0 Å². The van der Waals surface area contributed by atoms with Crippen LogP contribution in [0, 0.1) is 5.92 Å². The van der Waals surface area contributed by atoms with Gasteiger partial charge >= 0.3 is 0 Å². The fourth-order valence-corrected chi connectivity index (χ4v) is 3.69. The van der Waals surface area contributed by atoms with Crippen molar-refractivity contribution in [3.05, 3.63) is 72.3 Å². The Morgan fingerprint density at radius 2 is 1.76 bits per heavy atom. The molecule has 6 nitrogen and oxygen atoms in total. The SMILES string of the molecule is CNC(=O)c1cccc(NC(=O)[C@@H]2CC(=O)N(c3cccc4ccccc34)C2)c1. The number of benzene rings is 3. The maximum Gasteiger partial charge on any atom is 0.251 e. The summed E-state index contributed by atoms with van der Waals surface area (Å²) in [6.07, 6.45) is 0.157. The summed E-state index contributed by atoms with van der Waals surface area (Å²) in [5.74, 6) is -0.972. The highest BCUT2D eigenvalue weighted by Gasteiger charge is 2.35. The molecule has 4 rings (SSSR count). The maximum absolute atomic E-state index is 12.8. The summed E-state index contributed by atoms with van der Waals surface area (Å²) in [7, 11) is 1.56. The number of carbonyl (C=O) groups excluding carboxylic acids is 3. The van der Waals surface area contributed by atoms with Crippen LogP contribution >= 0.6 is 0 Å². The molecule has 0 aliphatic carbocycles. The van der Waals surface area contributed by atoms with E-state index in [1.807, 2.05) is 42.5 Å². The summed E-state index contributed by atoms with van der Waals surface area (Å²) in [5, 5.41) is 7.43. The lowest BCUT2D eigenvalue weighted by molar-refractivity contribution is -0.122. The molecule has 0 bridgehead atoms. The lowest BCUT2D eigenvalue weighted by Gasteiger charge is -2.19. The van der Waals surface area contributed by atoms with E-state index < -0.39 is 5.92 Å². The van der Waals surface area contributed by atoms with Gasteiger partial charge in [-0.2, -0.15) is 0 Å². The van der Waals surface area contributed by atoms with Crippen molar-refractivity contribution < 1.29 is 14.4 Å². The minimum atomic E-state index is -0.454. The van der Waals surface area contributed by atoms with Gasteiger partial charge < -0.3 is 15.5 Å². The highest BCUT2D eigenvalue weighted by atomic mass is 16.2. The molecule has 3 aromatic carbocycles. The van der Waals surface area contributed by atoms with Crippen molar-refractivity contribution in [3.63, 3.8) is 0 Å². The number of nitrogens with one attached hydrogen (secondary N) is 2. The predicted octanol–water partition coefficient (Wildman–Crippen LogP) is 3.19. The van der Waals surface area contributed by atoms with Crippen molar-refractivity contribution in [2.24, 2.45) is 5.92 Å². The number of carbonyl (C=O) groups is 3. The van der Waals surface area contributed by atoms with Crippen molar-refractivity contribution in [1.82, 2.24) is 5.32 Å². The van der Waals surface area contributed by atoms with Crippen LogP contribution in [0.1, 0.15) is 16.8 Å². The Morgan fingerprint density at radius 3 is 2.59 bits per heavy atom. The van der Waals surface area contributed by atoms with Gasteiger partial charge in [0.2, 0.25) is 11.8 Å². The zero-order chi connectivity index (χ0) is 20.4. The predicted molar refractivity (Wildman–Crippen MR) is 113 cm³/mol. The molecule has 1 heterocycles. The Morgan fingerprint density at radius 1 is 1.00 bits per heavy atom. The van der Waals surface area contributed by atoms with E-state index in [2.05, 4.69) is 10.6 Å². The summed E-state index contributed by atoms with van der Waals surface area (Å²) in [6, 6.07) is 20.5.